The van der Waals surface area contributed by atoms with Gasteiger partial charge in [-0.25, -0.2) is 4.98 Å². The number of halogens is 1. The normalized spacial score (nSPS) is 11.3. The van der Waals surface area contributed by atoms with Crippen molar-refractivity contribution in [1.82, 2.24) is 24.1 Å². The molecule has 0 amide bonds. The molecule has 32 heavy (non-hydrogen) atoms. The van der Waals surface area contributed by atoms with Crippen LogP contribution >= 0.6 is 34.7 Å². The fourth-order valence-electron chi connectivity index (χ4n) is 3.39. The van der Waals surface area contributed by atoms with Crippen molar-refractivity contribution in [2.24, 2.45) is 0 Å². The topological polar surface area (TPSA) is 65.1 Å². The van der Waals surface area contributed by atoms with Gasteiger partial charge in [-0.15, -0.1) is 21.5 Å². The Morgan fingerprint density at radius 2 is 1.78 bits per heavy atom. The van der Waals surface area contributed by atoms with Crippen molar-refractivity contribution in [3.8, 4) is 17.1 Å². The Balaban J connectivity index is 1.53. The first kappa shape index (κ1) is 20.9. The van der Waals surface area contributed by atoms with Gasteiger partial charge in [0.05, 0.1) is 5.69 Å². The largest absolute Gasteiger partial charge is 0.270 e. The Kier molecular flexibility index (Phi) is 5.58. The van der Waals surface area contributed by atoms with Crippen LogP contribution in [0, 0.1) is 13.8 Å². The highest BCUT2D eigenvalue weighted by molar-refractivity contribution is 7.98. The Morgan fingerprint density at radius 3 is 2.53 bits per heavy atom. The molecule has 6 nitrogen and oxygen atoms in total. The monoisotopic (exact) mass is 479 g/mol. The van der Waals surface area contributed by atoms with Gasteiger partial charge in [-0.05, 0) is 50.2 Å². The van der Waals surface area contributed by atoms with Crippen LogP contribution < -0.4 is 5.56 Å². The number of hydrogen-bond acceptors (Lipinski definition) is 6. The van der Waals surface area contributed by atoms with Gasteiger partial charge in [-0.3, -0.25) is 13.8 Å². The Hall–Kier alpha value is -2.94. The van der Waals surface area contributed by atoms with Crippen LogP contribution in [0.15, 0.2) is 69.9 Å². The van der Waals surface area contributed by atoms with E-state index in [0.717, 1.165) is 27.9 Å². The fraction of sp³-hybridized carbons (Fsp3) is 0.130. The molecule has 0 spiro atoms. The van der Waals surface area contributed by atoms with Crippen molar-refractivity contribution in [3.05, 3.63) is 92.3 Å². The molecule has 0 aliphatic heterocycles. The maximum Gasteiger partial charge on any atom is 0.258 e. The lowest BCUT2D eigenvalue weighted by molar-refractivity contribution is 0.884. The minimum Gasteiger partial charge on any atom is -0.270 e. The van der Waals surface area contributed by atoms with Gasteiger partial charge in [0.1, 0.15) is 0 Å². The highest BCUT2D eigenvalue weighted by Gasteiger charge is 2.17. The van der Waals surface area contributed by atoms with Gasteiger partial charge >= 0.3 is 0 Å². The SMILES string of the molecule is Cc1ccc(-n2c(SCc3cc(=O)n4c(C)csc4n3)nnc2-c2ccc(Cl)cc2)cc1. The van der Waals surface area contributed by atoms with E-state index < -0.39 is 0 Å². The summed E-state index contributed by atoms with van der Waals surface area (Å²) < 4.78 is 3.65. The van der Waals surface area contributed by atoms with E-state index in [1.807, 2.05) is 53.3 Å². The van der Waals surface area contributed by atoms with Crippen LogP contribution in [0.3, 0.4) is 0 Å². The predicted octanol–water partition coefficient (Wildman–Crippen LogP) is 5.57. The van der Waals surface area contributed by atoms with Crippen molar-refractivity contribution >= 4 is 39.7 Å². The second kappa shape index (κ2) is 8.54. The number of rotatable bonds is 5. The molecule has 5 rings (SSSR count). The molecule has 0 aliphatic carbocycles. The lowest BCUT2D eigenvalue weighted by Gasteiger charge is -2.11. The molecule has 0 unspecified atom stereocenters. The maximum atomic E-state index is 12.5. The first-order valence-corrected chi connectivity index (χ1v) is 12.1. The second-order valence-electron chi connectivity index (χ2n) is 7.35. The number of benzene rings is 2. The van der Waals surface area contributed by atoms with E-state index in [1.165, 1.54) is 28.7 Å². The number of thiazole rings is 1. The molecule has 3 heterocycles. The van der Waals surface area contributed by atoms with Crippen LogP contribution in [-0.4, -0.2) is 24.1 Å². The summed E-state index contributed by atoms with van der Waals surface area (Å²) >= 11 is 9.04. The third-order valence-electron chi connectivity index (χ3n) is 5.01. The first-order valence-electron chi connectivity index (χ1n) is 9.87. The Bertz CT molecular complexity index is 1470. The molecule has 0 atom stereocenters. The number of thioether (sulfide) groups is 1. The zero-order valence-corrected chi connectivity index (χ0v) is 19.7. The van der Waals surface area contributed by atoms with E-state index in [0.29, 0.717) is 21.4 Å². The van der Waals surface area contributed by atoms with E-state index in [-0.39, 0.29) is 5.56 Å². The van der Waals surface area contributed by atoms with Crippen LogP contribution in [0.5, 0.6) is 0 Å². The minimum atomic E-state index is -0.0637. The van der Waals surface area contributed by atoms with Gasteiger partial charge < -0.3 is 0 Å². The van der Waals surface area contributed by atoms with Crippen molar-refractivity contribution in [2.45, 2.75) is 24.8 Å². The number of nitrogens with zero attached hydrogens (tertiary/aromatic N) is 5. The Labute approximate surface area is 197 Å². The van der Waals surface area contributed by atoms with Gasteiger partial charge in [-0.2, -0.15) is 0 Å². The molecular formula is C23H18ClN5OS2. The van der Waals surface area contributed by atoms with E-state index in [9.17, 15) is 4.79 Å². The average Bonchev–Trinajstić information content (AvgIpc) is 3.37. The van der Waals surface area contributed by atoms with Crippen LogP contribution in [-0.2, 0) is 5.75 Å². The Morgan fingerprint density at radius 1 is 1.03 bits per heavy atom. The first-order chi connectivity index (χ1) is 15.5. The average molecular weight is 480 g/mol. The fourth-order valence-corrected chi connectivity index (χ4v) is 5.25. The van der Waals surface area contributed by atoms with Crippen LogP contribution in [0.2, 0.25) is 5.02 Å². The van der Waals surface area contributed by atoms with Crippen molar-refractivity contribution in [2.75, 3.05) is 0 Å². The third kappa shape index (κ3) is 3.97. The minimum absolute atomic E-state index is 0.0637. The van der Waals surface area contributed by atoms with E-state index in [2.05, 4.69) is 34.2 Å². The van der Waals surface area contributed by atoms with Gasteiger partial charge in [0.15, 0.2) is 15.9 Å². The molecular weight excluding hydrogens is 462 g/mol. The molecule has 0 aliphatic rings. The highest BCUT2D eigenvalue weighted by atomic mass is 35.5. The van der Waals surface area contributed by atoms with Crippen LogP contribution in [0.4, 0.5) is 0 Å². The molecule has 0 saturated heterocycles. The summed E-state index contributed by atoms with van der Waals surface area (Å²) in [6.07, 6.45) is 0. The van der Waals surface area contributed by atoms with Crippen molar-refractivity contribution in [1.29, 1.82) is 0 Å². The number of aryl methyl sites for hydroxylation is 2. The highest BCUT2D eigenvalue weighted by Crippen LogP contribution is 2.30. The smallest absolute Gasteiger partial charge is 0.258 e. The lowest BCUT2D eigenvalue weighted by atomic mass is 10.2. The van der Waals surface area contributed by atoms with Gasteiger partial charge in [0.2, 0.25) is 0 Å². The third-order valence-corrected chi connectivity index (χ3v) is 7.16. The summed E-state index contributed by atoms with van der Waals surface area (Å²) in [5.41, 5.74) is 4.60. The summed E-state index contributed by atoms with van der Waals surface area (Å²) in [6, 6.07) is 17.4. The summed E-state index contributed by atoms with van der Waals surface area (Å²) in [7, 11) is 0. The zero-order chi connectivity index (χ0) is 22.2. The molecule has 3 aromatic heterocycles. The van der Waals surface area contributed by atoms with Gasteiger partial charge in [0.25, 0.3) is 5.56 Å². The van der Waals surface area contributed by atoms with Crippen LogP contribution in [0.25, 0.3) is 22.0 Å². The molecule has 9 heteroatoms. The second-order valence-corrected chi connectivity index (χ2v) is 9.57. The molecule has 0 N–H and O–H groups in total. The lowest BCUT2D eigenvalue weighted by Crippen LogP contribution is -2.14. The van der Waals surface area contributed by atoms with E-state index >= 15 is 0 Å². The number of fused-ring (bicyclic) bond motifs is 1. The number of aromatic nitrogens is 5. The molecule has 5 aromatic rings. The molecule has 0 radical (unpaired) electrons. The summed E-state index contributed by atoms with van der Waals surface area (Å²) in [5.74, 6) is 1.23. The zero-order valence-electron chi connectivity index (χ0n) is 17.3. The van der Waals surface area contributed by atoms with Crippen LogP contribution in [0.1, 0.15) is 17.0 Å². The van der Waals surface area contributed by atoms with E-state index in [1.54, 1.807) is 10.5 Å². The quantitative estimate of drug-likeness (QED) is 0.308. The van der Waals surface area contributed by atoms with Crippen molar-refractivity contribution in [3.63, 3.8) is 0 Å². The molecule has 0 saturated carbocycles. The number of hydrogen-bond donors (Lipinski definition) is 0. The van der Waals surface area contributed by atoms with Gasteiger partial charge in [-0.1, -0.05) is 41.1 Å². The summed E-state index contributed by atoms with van der Waals surface area (Å²) in [6.45, 7) is 3.96. The maximum absolute atomic E-state index is 12.5. The molecule has 0 fully saturated rings. The summed E-state index contributed by atoms with van der Waals surface area (Å²) in [5, 5.41) is 12.2. The molecule has 0 bridgehead atoms. The molecule has 160 valence electrons. The predicted molar refractivity (Wildman–Crippen MR) is 130 cm³/mol. The summed E-state index contributed by atoms with van der Waals surface area (Å²) in [4.78, 5) is 17.9. The van der Waals surface area contributed by atoms with Crippen molar-refractivity contribution < 1.29 is 0 Å². The van der Waals surface area contributed by atoms with Gasteiger partial charge in [0, 0.05) is 39.2 Å². The van der Waals surface area contributed by atoms with E-state index in [4.69, 9.17) is 11.6 Å². The molecule has 2 aromatic carbocycles. The standard InChI is InChI=1S/C23H18ClN5OS2/c1-14-3-9-19(10-4-14)29-21(16-5-7-17(24)8-6-16)26-27-23(29)32-13-18-11-20(30)28-15(2)12-31-22(28)25-18/h3-12H,13H2,1-2H3.